The van der Waals surface area contributed by atoms with Crippen LogP contribution in [0, 0.1) is 10.5 Å². The first-order valence-electron chi connectivity index (χ1n) is 6.60. The Hall–Kier alpha value is -1.89. The number of pyridine rings is 1. The molecule has 2 aromatic heterocycles. The van der Waals surface area contributed by atoms with Gasteiger partial charge >= 0.3 is 0 Å². The first kappa shape index (κ1) is 14.1. The minimum Gasteiger partial charge on any atom is -0.346 e. The van der Waals surface area contributed by atoms with Crippen LogP contribution >= 0.6 is 22.6 Å². The number of aryl methyl sites for hydroxylation is 1. The van der Waals surface area contributed by atoms with Crippen molar-refractivity contribution in [2.24, 2.45) is 0 Å². The molecule has 0 bridgehead atoms. The number of hydrogen-bond acceptors (Lipinski definition) is 2. The second-order valence-corrected chi connectivity index (χ2v) is 6.14. The Morgan fingerprint density at radius 3 is 2.71 bits per heavy atom. The third-order valence-electron chi connectivity index (χ3n) is 3.19. The molecule has 0 spiro atoms. The summed E-state index contributed by atoms with van der Waals surface area (Å²) in [6.45, 7) is 2.46. The molecule has 4 nitrogen and oxygen atoms in total. The van der Waals surface area contributed by atoms with Crippen molar-refractivity contribution in [1.82, 2.24) is 14.7 Å². The molecule has 5 heteroatoms. The Morgan fingerprint density at radius 1 is 1.19 bits per heavy atom. The molecule has 1 amide bonds. The third kappa shape index (κ3) is 3.24. The van der Waals surface area contributed by atoms with Crippen LogP contribution in [0.4, 0.5) is 0 Å². The number of hydrogen-bond donors (Lipinski definition) is 1. The van der Waals surface area contributed by atoms with Crippen molar-refractivity contribution in [3.63, 3.8) is 0 Å². The Balaban J connectivity index is 1.71. The number of halogens is 1. The third-order valence-corrected chi connectivity index (χ3v) is 3.90. The molecule has 106 valence electrons. The highest BCUT2D eigenvalue weighted by Crippen LogP contribution is 2.09. The van der Waals surface area contributed by atoms with E-state index in [9.17, 15) is 4.79 Å². The minimum atomic E-state index is -0.0837. The van der Waals surface area contributed by atoms with Gasteiger partial charge in [-0.1, -0.05) is 6.07 Å². The summed E-state index contributed by atoms with van der Waals surface area (Å²) in [6.07, 6.45) is 3.96. The molecule has 21 heavy (non-hydrogen) atoms. The number of carbonyl (C=O) groups excluding carboxylic acids is 1. The zero-order valence-corrected chi connectivity index (χ0v) is 13.7. The van der Waals surface area contributed by atoms with Gasteiger partial charge in [0.25, 0.3) is 5.91 Å². The van der Waals surface area contributed by atoms with Gasteiger partial charge in [0.15, 0.2) is 0 Å². The molecule has 0 aliphatic heterocycles. The standard InChI is InChI=1S/C16H14IN3O/c1-11-2-7-15-19-14(10-20(15)9-11)8-18-16(21)12-3-5-13(17)6-4-12/h2-7,9-10H,8H2,1H3,(H,18,21). The fourth-order valence-electron chi connectivity index (χ4n) is 2.11. The smallest absolute Gasteiger partial charge is 0.251 e. The van der Waals surface area contributed by atoms with Crippen LogP contribution in [0.5, 0.6) is 0 Å². The van der Waals surface area contributed by atoms with E-state index in [0.29, 0.717) is 12.1 Å². The molecule has 0 saturated carbocycles. The Morgan fingerprint density at radius 2 is 1.95 bits per heavy atom. The molecular formula is C16H14IN3O. The first-order valence-corrected chi connectivity index (χ1v) is 7.68. The summed E-state index contributed by atoms with van der Waals surface area (Å²) in [4.78, 5) is 16.5. The number of amides is 1. The van der Waals surface area contributed by atoms with Gasteiger partial charge in [0.2, 0.25) is 0 Å². The van der Waals surface area contributed by atoms with Gasteiger partial charge in [0, 0.05) is 21.5 Å². The van der Waals surface area contributed by atoms with Gasteiger partial charge in [-0.25, -0.2) is 4.98 Å². The number of nitrogens with zero attached hydrogens (tertiary/aromatic N) is 2. The summed E-state index contributed by atoms with van der Waals surface area (Å²) >= 11 is 2.22. The minimum absolute atomic E-state index is 0.0837. The zero-order chi connectivity index (χ0) is 14.8. The lowest BCUT2D eigenvalue weighted by Crippen LogP contribution is -2.22. The van der Waals surface area contributed by atoms with Crippen LogP contribution in [-0.4, -0.2) is 15.3 Å². The molecule has 0 radical (unpaired) electrons. The summed E-state index contributed by atoms with van der Waals surface area (Å²) in [5.41, 5.74) is 3.57. The number of rotatable bonds is 3. The van der Waals surface area contributed by atoms with Gasteiger partial charge in [-0.15, -0.1) is 0 Å². The molecule has 0 unspecified atom stereocenters. The van der Waals surface area contributed by atoms with Crippen LogP contribution in [0.3, 0.4) is 0 Å². The van der Waals surface area contributed by atoms with Crippen LogP contribution < -0.4 is 5.32 Å². The first-order chi connectivity index (χ1) is 10.1. The Labute approximate surface area is 136 Å². The fourth-order valence-corrected chi connectivity index (χ4v) is 2.47. The van der Waals surface area contributed by atoms with Gasteiger partial charge in [-0.3, -0.25) is 4.79 Å². The number of carbonyl (C=O) groups is 1. The van der Waals surface area contributed by atoms with Crippen molar-refractivity contribution in [3.8, 4) is 0 Å². The summed E-state index contributed by atoms with van der Waals surface area (Å²) in [6, 6.07) is 11.5. The maximum absolute atomic E-state index is 12.1. The summed E-state index contributed by atoms with van der Waals surface area (Å²) in [5.74, 6) is -0.0837. The van der Waals surface area contributed by atoms with Gasteiger partial charge in [0.1, 0.15) is 5.65 Å². The van der Waals surface area contributed by atoms with Crippen molar-refractivity contribution >= 4 is 34.1 Å². The van der Waals surface area contributed by atoms with Crippen LogP contribution in [-0.2, 0) is 6.54 Å². The van der Waals surface area contributed by atoms with Crippen LogP contribution in [0.2, 0.25) is 0 Å². The van der Waals surface area contributed by atoms with Crippen molar-refractivity contribution in [3.05, 3.63) is 69.2 Å². The molecule has 1 N–H and O–H groups in total. The fraction of sp³-hybridized carbons (Fsp3) is 0.125. The number of benzene rings is 1. The van der Waals surface area contributed by atoms with Crippen LogP contribution in [0.25, 0.3) is 5.65 Å². The molecule has 0 aliphatic rings. The Kier molecular flexibility index (Phi) is 3.92. The van der Waals surface area contributed by atoms with Gasteiger partial charge in [0.05, 0.1) is 12.2 Å². The van der Waals surface area contributed by atoms with E-state index in [-0.39, 0.29) is 5.91 Å². The van der Waals surface area contributed by atoms with Gasteiger partial charge in [-0.05, 0) is 65.4 Å². The van der Waals surface area contributed by atoms with Crippen LogP contribution in [0.1, 0.15) is 21.6 Å². The summed E-state index contributed by atoms with van der Waals surface area (Å²) in [5, 5.41) is 2.89. The van der Waals surface area contributed by atoms with Crippen LogP contribution in [0.15, 0.2) is 48.8 Å². The van der Waals surface area contributed by atoms with E-state index in [0.717, 1.165) is 14.9 Å². The normalized spacial score (nSPS) is 10.8. The monoisotopic (exact) mass is 391 g/mol. The van der Waals surface area contributed by atoms with E-state index >= 15 is 0 Å². The lowest BCUT2D eigenvalue weighted by molar-refractivity contribution is 0.0950. The van der Waals surface area contributed by atoms with Crippen molar-refractivity contribution in [2.45, 2.75) is 13.5 Å². The molecule has 1 aromatic carbocycles. The van der Waals surface area contributed by atoms with E-state index < -0.39 is 0 Å². The maximum atomic E-state index is 12.1. The molecule has 3 rings (SSSR count). The average molecular weight is 391 g/mol. The second kappa shape index (κ2) is 5.85. The molecule has 0 saturated heterocycles. The largest absolute Gasteiger partial charge is 0.346 e. The zero-order valence-electron chi connectivity index (χ0n) is 11.5. The quantitative estimate of drug-likeness (QED) is 0.698. The lowest BCUT2D eigenvalue weighted by Gasteiger charge is -2.03. The molecular weight excluding hydrogens is 377 g/mol. The number of fused-ring (bicyclic) bond motifs is 1. The van der Waals surface area contributed by atoms with Gasteiger partial charge < -0.3 is 9.72 Å². The van der Waals surface area contributed by atoms with Gasteiger partial charge in [-0.2, -0.15) is 0 Å². The Bertz CT molecular complexity index is 793. The highest BCUT2D eigenvalue weighted by Gasteiger charge is 2.07. The number of nitrogens with one attached hydrogen (secondary N) is 1. The predicted octanol–water partition coefficient (Wildman–Crippen LogP) is 3.18. The second-order valence-electron chi connectivity index (χ2n) is 4.89. The SMILES string of the molecule is Cc1ccc2nc(CNC(=O)c3ccc(I)cc3)cn2c1. The molecule has 0 fully saturated rings. The predicted molar refractivity (Wildman–Crippen MR) is 90.3 cm³/mol. The van der Waals surface area contributed by atoms with Crippen molar-refractivity contribution < 1.29 is 4.79 Å². The van der Waals surface area contributed by atoms with E-state index in [2.05, 4.69) is 32.9 Å². The molecule has 0 aliphatic carbocycles. The molecule has 0 atom stereocenters. The molecule has 2 heterocycles. The highest BCUT2D eigenvalue weighted by molar-refractivity contribution is 14.1. The number of aromatic nitrogens is 2. The topological polar surface area (TPSA) is 46.4 Å². The number of imidazole rings is 1. The van der Waals surface area contributed by atoms with E-state index in [1.54, 1.807) is 0 Å². The maximum Gasteiger partial charge on any atom is 0.251 e. The average Bonchev–Trinajstić information content (AvgIpc) is 2.87. The molecule has 3 aromatic rings. The van der Waals surface area contributed by atoms with E-state index in [4.69, 9.17) is 0 Å². The van der Waals surface area contributed by atoms with E-state index in [1.165, 1.54) is 5.56 Å². The van der Waals surface area contributed by atoms with Crippen molar-refractivity contribution in [1.29, 1.82) is 0 Å². The summed E-state index contributed by atoms with van der Waals surface area (Å²) < 4.78 is 3.08. The van der Waals surface area contributed by atoms with Crippen molar-refractivity contribution in [2.75, 3.05) is 0 Å². The summed E-state index contributed by atoms with van der Waals surface area (Å²) in [7, 11) is 0. The van der Waals surface area contributed by atoms with E-state index in [1.807, 2.05) is 60.1 Å². The lowest BCUT2D eigenvalue weighted by atomic mass is 10.2. The highest BCUT2D eigenvalue weighted by atomic mass is 127.